The molecule has 0 amide bonds. The Morgan fingerprint density at radius 2 is 2.23 bits per heavy atom. The average molecular weight is 182 g/mol. The van der Waals surface area contributed by atoms with Crippen LogP contribution in [-0.2, 0) is 24.7 Å². The van der Waals surface area contributed by atoms with E-state index in [0.29, 0.717) is 5.69 Å². The summed E-state index contributed by atoms with van der Waals surface area (Å²) in [4.78, 5) is 10.5. The maximum absolute atomic E-state index is 10.5. The van der Waals surface area contributed by atoms with E-state index >= 15 is 0 Å². The molecule has 0 aliphatic rings. The Hall–Kier alpha value is -1.32. The van der Waals surface area contributed by atoms with Crippen LogP contribution >= 0.6 is 0 Å². The van der Waals surface area contributed by atoms with E-state index in [9.17, 15) is 4.79 Å². The lowest BCUT2D eigenvalue weighted by molar-refractivity contribution is -0.136. The molecular formula is C9H14N2O2. The molecule has 0 saturated carbocycles. The molecule has 1 rings (SSSR count). The molecule has 0 aromatic carbocycles. The summed E-state index contributed by atoms with van der Waals surface area (Å²) in [7, 11) is 1.84. The van der Waals surface area contributed by atoms with Crippen LogP contribution in [0.2, 0.25) is 0 Å². The number of hydrogen-bond donors (Lipinski definition) is 1. The van der Waals surface area contributed by atoms with E-state index in [1.807, 2.05) is 20.9 Å². The molecule has 1 aromatic heterocycles. The Labute approximate surface area is 77.2 Å². The minimum Gasteiger partial charge on any atom is -0.481 e. The highest BCUT2D eigenvalue weighted by atomic mass is 16.4. The van der Waals surface area contributed by atoms with Crippen molar-refractivity contribution in [3.8, 4) is 0 Å². The smallest absolute Gasteiger partial charge is 0.309 e. The number of rotatable bonds is 3. The predicted octanol–water partition coefficient (Wildman–Crippen LogP) is 0.918. The minimum absolute atomic E-state index is 0.0136. The van der Waals surface area contributed by atoms with Gasteiger partial charge in [0.1, 0.15) is 0 Å². The second kappa shape index (κ2) is 3.60. The summed E-state index contributed by atoms with van der Waals surface area (Å²) in [6, 6.07) is 0. The summed E-state index contributed by atoms with van der Waals surface area (Å²) in [6.45, 7) is 3.96. The molecule has 0 aliphatic heterocycles. The summed E-state index contributed by atoms with van der Waals surface area (Å²) in [5.74, 6) is -0.830. The van der Waals surface area contributed by atoms with Gasteiger partial charge in [0.25, 0.3) is 0 Å². The van der Waals surface area contributed by atoms with Crippen molar-refractivity contribution in [2.24, 2.45) is 7.05 Å². The van der Waals surface area contributed by atoms with Gasteiger partial charge in [0.15, 0.2) is 0 Å². The molecule has 0 aliphatic carbocycles. The van der Waals surface area contributed by atoms with Crippen LogP contribution in [0.5, 0.6) is 0 Å². The largest absolute Gasteiger partial charge is 0.481 e. The van der Waals surface area contributed by atoms with E-state index in [0.717, 1.165) is 17.7 Å². The molecule has 0 radical (unpaired) electrons. The van der Waals surface area contributed by atoms with Gasteiger partial charge in [0.05, 0.1) is 12.1 Å². The third kappa shape index (κ3) is 1.88. The van der Waals surface area contributed by atoms with Crippen molar-refractivity contribution in [3.63, 3.8) is 0 Å². The SMILES string of the molecule is CCc1c(C)c(CC(=O)O)nn1C. The molecule has 0 bridgehead atoms. The molecule has 4 heteroatoms. The summed E-state index contributed by atoms with van der Waals surface area (Å²) < 4.78 is 1.76. The van der Waals surface area contributed by atoms with Crippen molar-refractivity contribution in [1.82, 2.24) is 9.78 Å². The Balaban J connectivity index is 3.03. The highest BCUT2D eigenvalue weighted by molar-refractivity contribution is 5.70. The molecule has 0 spiro atoms. The van der Waals surface area contributed by atoms with Crippen molar-refractivity contribution >= 4 is 5.97 Å². The molecule has 4 nitrogen and oxygen atoms in total. The van der Waals surface area contributed by atoms with E-state index in [1.165, 1.54) is 0 Å². The third-order valence-electron chi connectivity index (χ3n) is 2.18. The fraction of sp³-hybridized carbons (Fsp3) is 0.556. The van der Waals surface area contributed by atoms with E-state index in [-0.39, 0.29) is 6.42 Å². The highest BCUT2D eigenvalue weighted by Gasteiger charge is 2.12. The van der Waals surface area contributed by atoms with Crippen LogP contribution in [0.15, 0.2) is 0 Å². The monoisotopic (exact) mass is 182 g/mol. The molecule has 1 aromatic rings. The van der Waals surface area contributed by atoms with Crippen LogP contribution in [0.3, 0.4) is 0 Å². The number of carbonyl (C=O) groups is 1. The second-order valence-electron chi connectivity index (χ2n) is 3.07. The summed E-state index contributed by atoms with van der Waals surface area (Å²) in [6.07, 6.45) is 0.897. The van der Waals surface area contributed by atoms with Gasteiger partial charge in [0.2, 0.25) is 0 Å². The summed E-state index contributed by atoms with van der Waals surface area (Å²) >= 11 is 0. The Morgan fingerprint density at radius 3 is 2.62 bits per heavy atom. The first-order valence-electron chi connectivity index (χ1n) is 4.29. The van der Waals surface area contributed by atoms with Crippen molar-refractivity contribution in [1.29, 1.82) is 0 Å². The minimum atomic E-state index is -0.830. The zero-order valence-corrected chi connectivity index (χ0v) is 8.16. The van der Waals surface area contributed by atoms with Crippen molar-refractivity contribution < 1.29 is 9.90 Å². The Bertz CT molecular complexity index is 329. The van der Waals surface area contributed by atoms with Gasteiger partial charge in [-0.2, -0.15) is 5.10 Å². The number of aliphatic carboxylic acids is 1. The van der Waals surface area contributed by atoms with E-state index in [4.69, 9.17) is 5.11 Å². The maximum atomic E-state index is 10.5. The topological polar surface area (TPSA) is 55.1 Å². The van der Waals surface area contributed by atoms with Crippen LogP contribution in [0.1, 0.15) is 23.9 Å². The van der Waals surface area contributed by atoms with Crippen LogP contribution < -0.4 is 0 Å². The lowest BCUT2D eigenvalue weighted by Crippen LogP contribution is -2.02. The average Bonchev–Trinajstić information content (AvgIpc) is 2.26. The number of aromatic nitrogens is 2. The first kappa shape index (κ1) is 9.77. The molecule has 0 saturated heterocycles. The van der Waals surface area contributed by atoms with E-state index in [1.54, 1.807) is 4.68 Å². The predicted molar refractivity (Wildman–Crippen MR) is 48.7 cm³/mol. The highest BCUT2D eigenvalue weighted by Crippen LogP contribution is 2.13. The number of hydrogen-bond acceptors (Lipinski definition) is 2. The van der Waals surface area contributed by atoms with Crippen molar-refractivity contribution in [3.05, 3.63) is 17.0 Å². The van der Waals surface area contributed by atoms with Gasteiger partial charge in [-0.05, 0) is 18.9 Å². The Morgan fingerprint density at radius 1 is 1.62 bits per heavy atom. The zero-order chi connectivity index (χ0) is 10.0. The van der Waals surface area contributed by atoms with Gasteiger partial charge in [0, 0.05) is 12.7 Å². The number of carboxylic acids is 1. The molecule has 0 fully saturated rings. The van der Waals surface area contributed by atoms with Gasteiger partial charge >= 0.3 is 5.97 Å². The quantitative estimate of drug-likeness (QED) is 0.756. The third-order valence-corrected chi connectivity index (χ3v) is 2.18. The summed E-state index contributed by atoms with van der Waals surface area (Å²) in [5, 5.41) is 12.8. The molecular weight excluding hydrogens is 168 g/mol. The van der Waals surface area contributed by atoms with Crippen molar-refractivity contribution in [2.45, 2.75) is 26.7 Å². The van der Waals surface area contributed by atoms with Gasteiger partial charge < -0.3 is 5.11 Å². The fourth-order valence-corrected chi connectivity index (χ4v) is 1.53. The van der Waals surface area contributed by atoms with Crippen molar-refractivity contribution in [2.75, 3.05) is 0 Å². The molecule has 0 atom stereocenters. The van der Waals surface area contributed by atoms with Gasteiger partial charge in [-0.15, -0.1) is 0 Å². The molecule has 13 heavy (non-hydrogen) atoms. The number of carboxylic acid groups (broad SMARTS) is 1. The molecule has 1 N–H and O–H groups in total. The van der Waals surface area contributed by atoms with Gasteiger partial charge in [-0.1, -0.05) is 6.92 Å². The van der Waals surface area contributed by atoms with Gasteiger partial charge in [-0.3, -0.25) is 9.48 Å². The van der Waals surface area contributed by atoms with Crippen LogP contribution in [0.4, 0.5) is 0 Å². The van der Waals surface area contributed by atoms with E-state index in [2.05, 4.69) is 5.10 Å². The second-order valence-corrected chi connectivity index (χ2v) is 3.07. The normalized spacial score (nSPS) is 10.4. The lowest BCUT2D eigenvalue weighted by Gasteiger charge is -1.96. The Kier molecular flexibility index (Phi) is 2.70. The zero-order valence-electron chi connectivity index (χ0n) is 8.16. The lowest BCUT2D eigenvalue weighted by atomic mass is 10.1. The number of aryl methyl sites for hydroxylation is 1. The van der Waals surface area contributed by atoms with E-state index < -0.39 is 5.97 Å². The first-order valence-corrected chi connectivity index (χ1v) is 4.29. The van der Waals surface area contributed by atoms with Crippen LogP contribution in [0.25, 0.3) is 0 Å². The summed E-state index contributed by atoms with van der Waals surface area (Å²) in [5.41, 5.74) is 2.79. The number of nitrogens with zero attached hydrogens (tertiary/aromatic N) is 2. The standard InChI is InChI=1S/C9H14N2O2/c1-4-8-6(2)7(5-9(12)13)10-11(8)3/h4-5H2,1-3H3,(H,12,13). The maximum Gasteiger partial charge on any atom is 0.309 e. The molecule has 72 valence electrons. The van der Waals surface area contributed by atoms with Crippen LogP contribution in [-0.4, -0.2) is 20.9 Å². The molecule has 1 heterocycles. The first-order chi connectivity index (χ1) is 6.06. The van der Waals surface area contributed by atoms with Crippen LogP contribution in [0, 0.1) is 6.92 Å². The van der Waals surface area contributed by atoms with Gasteiger partial charge in [-0.25, -0.2) is 0 Å². The fourth-order valence-electron chi connectivity index (χ4n) is 1.53. The molecule has 0 unspecified atom stereocenters.